The summed E-state index contributed by atoms with van der Waals surface area (Å²) in [5.41, 5.74) is -2.47. The molecule has 1 aromatic carbocycles. The molecule has 0 saturated carbocycles. The van der Waals surface area contributed by atoms with Crippen LogP contribution in [0.1, 0.15) is 10.4 Å². The highest BCUT2D eigenvalue weighted by Gasteiger charge is 2.35. The molecular formula is C10H5F3N2O4. The number of H-pyrrole nitrogens is 2. The Bertz CT molecular complexity index is 760. The Kier molecular flexibility index (Phi) is 2.89. The molecule has 0 aliphatic heterocycles. The minimum atomic E-state index is -5.16. The third-order valence-corrected chi connectivity index (χ3v) is 2.20. The molecule has 0 amide bonds. The minimum Gasteiger partial charge on any atom is -0.369 e. The summed E-state index contributed by atoms with van der Waals surface area (Å²) in [6.07, 6.45) is -5.16. The van der Waals surface area contributed by atoms with Gasteiger partial charge in [-0.1, -0.05) is 6.07 Å². The number of esters is 1. The van der Waals surface area contributed by atoms with Crippen molar-refractivity contribution in [2.24, 2.45) is 0 Å². The number of benzene rings is 1. The van der Waals surface area contributed by atoms with Crippen LogP contribution >= 0.6 is 0 Å². The largest absolute Gasteiger partial charge is 0.575 e. The molecule has 0 aliphatic rings. The Morgan fingerprint density at radius 3 is 2.47 bits per heavy atom. The molecule has 1 aromatic heterocycles. The zero-order chi connectivity index (χ0) is 14.2. The second-order valence-corrected chi connectivity index (χ2v) is 3.47. The van der Waals surface area contributed by atoms with Crippen LogP contribution in [0.15, 0.2) is 27.8 Å². The van der Waals surface area contributed by atoms with Crippen molar-refractivity contribution < 1.29 is 22.7 Å². The number of ether oxygens (including phenoxy) is 1. The minimum absolute atomic E-state index is 0.0645. The van der Waals surface area contributed by atoms with E-state index in [1.807, 2.05) is 4.98 Å². The smallest absolute Gasteiger partial charge is 0.369 e. The summed E-state index contributed by atoms with van der Waals surface area (Å²) in [6.45, 7) is 0. The third-order valence-electron chi connectivity index (χ3n) is 2.20. The van der Waals surface area contributed by atoms with Gasteiger partial charge in [0.2, 0.25) is 0 Å². The number of hydrogen-bond donors (Lipinski definition) is 2. The number of aromatic nitrogens is 2. The zero-order valence-corrected chi connectivity index (χ0v) is 9.00. The first kappa shape index (κ1) is 12.9. The van der Waals surface area contributed by atoms with Crippen LogP contribution in [0.5, 0.6) is 0 Å². The van der Waals surface area contributed by atoms with Crippen LogP contribution in [0.25, 0.3) is 10.9 Å². The number of hydrogen-bond acceptors (Lipinski definition) is 4. The Morgan fingerprint density at radius 1 is 1.16 bits per heavy atom. The molecule has 19 heavy (non-hydrogen) atoms. The van der Waals surface area contributed by atoms with E-state index < -0.39 is 29.1 Å². The van der Waals surface area contributed by atoms with Crippen molar-refractivity contribution in [3.8, 4) is 0 Å². The first-order chi connectivity index (χ1) is 8.78. The standard InChI is InChI=1S/C10H5F3N2O4/c11-10(12,13)19-8(17)4-2-1-3-5-6(4)7(16)15-9(18)14-5/h1-3H,(H2,14,15,16,18). The summed E-state index contributed by atoms with van der Waals surface area (Å²) in [7, 11) is 0. The molecule has 1 heterocycles. The fourth-order valence-corrected chi connectivity index (χ4v) is 1.55. The van der Waals surface area contributed by atoms with Crippen molar-refractivity contribution in [2.75, 3.05) is 0 Å². The maximum absolute atomic E-state index is 12.0. The van der Waals surface area contributed by atoms with E-state index in [9.17, 15) is 27.6 Å². The fourth-order valence-electron chi connectivity index (χ4n) is 1.55. The average Bonchev–Trinajstić information content (AvgIpc) is 2.25. The van der Waals surface area contributed by atoms with Crippen molar-refractivity contribution in [3.63, 3.8) is 0 Å². The van der Waals surface area contributed by atoms with Gasteiger partial charge in [0.25, 0.3) is 5.56 Å². The Balaban J connectivity index is 2.65. The van der Waals surface area contributed by atoms with Gasteiger partial charge in [0.15, 0.2) is 0 Å². The van der Waals surface area contributed by atoms with Gasteiger partial charge in [-0.25, -0.2) is 9.59 Å². The Labute approximate surface area is 101 Å². The van der Waals surface area contributed by atoms with Gasteiger partial charge in [-0.05, 0) is 12.1 Å². The number of nitrogens with one attached hydrogen (secondary N) is 2. The van der Waals surface area contributed by atoms with Gasteiger partial charge < -0.3 is 9.72 Å². The number of alkyl halides is 3. The Hall–Kier alpha value is -2.58. The number of fused-ring (bicyclic) bond motifs is 1. The molecule has 2 N–H and O–H groups in total. The maximum Gasteiger partial charge on any atom is 0.575 e. The molecule has 0 spiro atoms. The molecule has 0 fully saturated rings. The topological polar surface area (TPSA) is 92.0 Å². The second kappa shape index (κ2) is 4.26. The molecule has 0 aliphatic carbocycles. The molecule has 6 nitrogen and oxygen atoms in total. The van der Waals surface area contributed by atoms with Crippen LogP contribution in [0.4, 0.5) is 13.2 Å². The lowest BCUT2D eigenvalue weighted by atomic mass is 10.1. The molecule has 9 heteroatoms. The van der Waals surface area contributed by atoms with Gasteiger partial charge in [-0.3, -0.25) is 9.78 Å². The lowest BCUT2D eigenvalue weighted by Gasteiger charge is -2.08. The van der Waals surface area contributed by atoms with E-state index in [0.29, 0.717) is 0 Å². The van der Waals surface area contributed by atoms with E-state index in [2.05, 4.69) is 9.72 Å². The first-order valence-electron chi connectivity index (χ1n) is 4.83. The third kappa shape index (κ3) is 2.64. The molecule has 0 atom stereocenters. The van der Waals surface area contributed by atoms with Crippen LogP contribution in [0.3, 0.4) is 0 Å². The van der Waals surface area contributed by atoms with Crippen LogP contribution in [-0.2, 0) is 4.74 Å². The summed E-state index contributed by atoms with van der Waals surface area (Å²) in [4.78, 5) is 37.9. The molecule has 0 bridgehead atoms. The predicted octanol–water partition coefficient (Wildman–Crippen LogP) is 0.893. The normalized spacial score (nSPS) is 11.5. The van der Waals surface area contributed by atoms with Crippen molar-refractivity contribution >= 4 is 16.9 Å². The van der Waals surface area contributed by atoms with Gasteiger partial charge in [-0.15, -0.1) is 13.2 Å². The SMILES string of the molecule is O=C(OC(F)(F)F)c1cccc2[nH]c(=O)[nH]c(=O)c12. The summed E-state index contributed by atoms with van der Waals surface area (Å²) in [5.74, 6) is -1.73. The molecule has 2 rings (SSSR count). The fraction of sp³-hybridized carbons (Fsp3) is 0.100. The van der Waals surface area contributed by atoms with Crippen LogP contribution < -0.4 is 11.2 Å². The van der Waals surface area contributed by atoms with E-state index in [4.69, 9.17) is 0 Å². The van der Waals surface area contributed by atoms with Crippen LogP contribution in [-0.4, -0.2) is 22.3 Å². The molecule has 0 radical (unpaired) electrons. The molecule has 100 valence electrons. The average molecular weight is 274 g/mol. The lowest BCUT2D eigenvalue weighted by Crippen LogP contribution is -2.25. The van der Waals surface area contributed by atoms with Gasteiger partial charge >= 0.3 is 18.0 Å². The lowest BCUT2D eigenvalue weighted by molar-refractivity contribution is -0.291. The second-order valence-electron chi connectivity index (χ2n) is 3.47. The van der Waals surface area contributed by atoms with E-state index in [0.717, 1.165) is 6.07 Å². The zero-order valence-electron chi connectivity index (χ0n) is 9.00. The predicted molar refractivity (Wildman–Crippen MR) is 56.7 cm³/mol. The van der Waals surface area contributed by atoms with Gasteiger partial charge in [-0.2, -0.15) is 0 Å². The monoisotopic (exact) mass is 274 g/mol. The highest BCUT2D eigenvalue weighted by atomic mass is 19.4. The molecule has 0 saturated heterocycles. The van der Waals surface area contributed by atoms with Crippen molar-refractivity contribution in [1.82, 2.24) is 9.97 Å². The molecule has 2 aromatic rings. The van der Waals surface area contributed by atoms with Crippen molar-refractivity contribution in [3.05, 3.63) is 44.6 Å². The van der Waals surface area contributed by atoms with Gasteiger partial charge in [0, 0.05) is 0 Å². The first-order valence-corrected chi connectivity index (χ1v) is 4.83. The van der Waals surface area contributed by atoms with Gasteiger partial charge in [0.1, 0.15) is 0 Å². The van der Waals surface area contributed by atoms with E-state index in [1.54, 1.807) is 0 Å². The van der Waals surface area contributed by atoms with Crippen molar-refractivity contribution in [2.45, 2.75) is 6.36 Å². The Morgan fingerprint density at radius 2 is 1.84 bits per heavy atom. The molecular weight excluding hydrogens is 269 g/mol. The summed E-state index contributed by atoms with van der Waals surface area (Å²) >= 11 is 0. The summed E-state index contributed by atoms with van der Waals surface area (Å²) < 4.78 is 39.1. The number of halogens is 3. The van der Waals surface area contributed by atoms with Gasteiger partial charge in [0.05, 0.1) is 16.5 Å². The quantitative estimate of drug-likeness (QED) is 0.755. The van der Waals surface area contributed by atoms with E-state index in [1.165, 1.54) is 12.1 Å². The number of carbonyl (C=O) groups is 1. The number of carbonyl (C=O) groups excluding carboxylic acids is 1. The van der Waals surface area contributed by atoms with E-state index in [-0.39, 0.29) is 10.9 Å². The maximum atomic E-state index is 12.0. The number of rotatable bonds is 1. The summed E-state index contributed by atoms with van der Waals surface area (Å²) in [5, 5.41) is -0.378. The van der Waals surface area contributed by atoms with Crippen LogP contribution in [0.2, 0.25) is 0 Å². The highest BCUT2D eigenvalue weighted by molar-refractivity contribution is 6.03. The van der Waals surface area contributed by atoms with E-state index >= 15 is 0 Å². The molecule has 0 unspecified atom stereocenters. The summed E-state index contributed by atoms with van der Waals surface area (Å²) in [6, 6.07) is 3.48. The highest BCUT2D eigenvalue weighted by Crippen LogP contribution is 2.21. The van der Waals surface area contributed by atoms with Crippen molar-refractivity contribution in [1.29, 1.82) is 0 Å². The van der Waals surface area contributed by atoms with Crippen LogP contribution in [0, 0.1) is 0 Å². The number of aromatic amines is 2.